The Hall–Kier alpha value is -1.68. The summed E-state index contributed by atoms with van der Waals surface area (Å²) in [4.78, 5) is 0. The Morgan fingerprint density at radius 3 is 2.72 bits per heavy atom. The third-order valence-electron chi connectivity index (χ3n) is 2.66. The number of hydrogen-bond donors (Lipinski definition) is 2. The number of nitrogens with zero attached hydrogens (tertiary/aromatic N) is 1. The Kier molecular flexibility index (Phi) is 5.52. The quantitative estimate of drug-likeness (QED) is 0.379. The van der Waals surface area contributed by atoms with Gasteiger partial charge in [-0.2, -0.15) is 5.10 Å². The molecule has 3 nitrogen and oxygen atoms in total. The minimum Gasteiger partial charge on any atom is -0.358 e. The minimum atomic E-state index is 0.498. The van der Waals surface area contributed by atoms with Gasteiger partial charge < -0.3 is 5.32 Å². The SMILES string of the molecule is C=CCNC(=S)N/N=C(/C)c1ccc(C)c(C)c1. The van der Waals surface area contributed by atoms with Gasteiger partial charge in [-0.05, 0) is 55.7 Å². The van der Waals surface area contributed by atoms with Crippen molar-refractivity contribution in [2.24, 2.45) is 5.10 Å². The Morgan fingerprint density at radius 2 is 2.11 bits per heavy atom. The standard InChI is InChI=1S/C14H19N3S/c1-5-8-15-14(18)17-16-12(4)13-7-6-10(2)11(3)9-13/h5-7,9H,1,8H2,2-4H3,(H2,15,17,18)/b16-12-. The van der Waals surface area contributed by atoms with E-state index in [1.807, 2.05) is 6.92 Å². The Bertz CT molecular complexity index is 478. The fraction of sp³-hybridized carbons (Fsp3) is 0.286. The van der Waals surface area contributed by atoms with Crippen LogP contribution in [0.15, 0.2) is 36.0 Å². The molecular weight excluding hydrogens is 242 g/mol. The molecule has 18 heavy (non-hydrogen) atoms. The predicted octanol–water partition coefficient (Wildman–Crippen LogP) is 2.68. The summed E-state index contributed by atoms with van der Waals surface area (Å²) in [5, 5.41) is 7.70. The fourth-order valence-electron chi connectivity index (χ4n) is 1.37. The van der Waals surface area contributed by atoms with Crippen molar-refractivity contribution in [1.82, 2.24) is 10.7 Å². The smallest absolute Gasteiger partial charge is 0.187 e. The van der Waals surface area contributed by atoms with Crippen LogP contribution in [-0.4, -0.2) is 17.4 Å². The van der Waals surface area contributed by atoms with Gasteiger partial charge in [-0.1, -0.05) is 18.2 Å². The van der Waals surface area contributed by atoms with Gasteiger partial charge in [-0.3, -0.25) is 5.43 Å². The van der Waals surface area contributed by atoms with E-state index in [1.54, 1.807) is 6.08 Å². The molecule has 1 aromatic carbocycles. The van der Waals surface area contributed by atoms with Crippen molar-refractivity contribution < 1.29 is 0 Å². The van der Waals surface area contributed by atoms with E-state index in [0.717, 1.165) is 11.3 Å². The molecule has 0 bridgehead atoms. The van der Waals surface area contributed by atoms with E-state index in [4.69, 9.17) is 12.2 Å². The molecule has 0 amide bonds. The van der Waals surface area contributed by atoms with Gasteiger partial charge in [0.15, 0.2) is 5.11 Å². The van der Waals surface area contributed by atoms with E-state index in [-0.39, 0.29) is 0 Å². The monoisotopic (exact) mass is 261 g/mol. The first-order valence-corrected chi connectivity index (χ1v) is 6.22. The van der Waals surface area contributed by atoms with Crippen molar-refractivity contribution in [1.29, 1.82) is 0 Å². The number of aryl methyl sites for hydroxylation is 2. The van der Waals surface area contributed by atoms with Crippen LogP contribution in [0.2, 0.25) is 0 Å². The molecule has 4 heteroatoms. The molecule has 0 atom stereocenters. The van der Waals surface area contributed by atoms with E-state index in [2.05, 4.69) is 54.5 Å². The van der Waals surface area contributed by atoms with E-state index >= 15 is 0 Å². The van der Waals surface area contributed by atoms with Crippen LogP contribution in [-0.2, 0) is 0 Å². The molecule has 96 valence electrons. The maximum absolute atomic E-state index is 5.06. The number of nitrogens with one attached hydrogen (secondary N) is 2. The zero-order chi connectivity index (χ0) is 13.5. The molecule has 0 aromatic heterocycles. The number of benzene rings is 1. The van der Waals surface area contributed by atoms with Crippen molar-refractivity contribution in [3.05, 3.63) is 47.5 Å². The summed E-state index contributed by atoms with van der Waals surface area (Å²) in [6, 6.07) is 6.27. The van der Waals surface area contributed by atoms with Gasteiger partial charge in [0.25, 0.3) is 0 Å². The van der Waals surface area contributed by atoms with Gasteiger partial charge in [-0.15, -0.1) is 6.58 Å². The molecule has 0 fully saturated rings. The summed E-state index contributed by atoms with van der Waals surface area (Å²) in [6.07, 6.45) is 1.74. The van der Waals surface area contributed by atoms with Gasteiger partial charge in [0.2, 0.25) is 0 Å². The molecule has 0 aliphatic rings. The average Bonchev–Trinajstić information content (AvgIpc) is 2.36. The summed E-state index contributed by atoms with van der Waals surface area (Å²) in [5.74, 6) is 0. The lowest BCUT2D eigenvalue weighted by Crippen LogP contribution is -2.32. The highest BCUT2D eigenvalue weighted by Gasteiger charge is 2.00. The maximum Gasteiger partial charge on any atom is 0.187 e. The summed E-state index contributed by atoms with van der Waals surface area (Å²) < 4.78 is 0. The third-order valence-corrected chi connectivity index (χ3v) is 2.89. The predicted molar refractivity (Wildman–Crippen MR) is 82.1 cm³/mol. The van der Waals surface area contributed by atoms with Gasteiger partial charge >= 0.3 is 0 Å². The van der Waals surface area contributed by atoms with Crippen LogP contribution < -0.4 is 10.7 Å². The molecule has 0 heterocycles. The fourth-order valence-corrected chi connectivity index (χ4v) is 1.50. The Balaban J connectivity index is 2.68. The van der Waals surface area contributed by atoms with Crippen molar-refractivity contribution in [2.45, 2.75) is 20.8 Å². The average molecular weight is 261 g/mol. The Labute approximate surface area is 114 Å². The van der Waals surface area contributed by atoms with E-state index < -0.39 is 0 Å². The number of hydrogen-bond acceptors (Lipinski definition) is 2. The molecular formula is C14H19N3S. The summed E-state index contributed by atoms with van der Waals surface area (Å²) in [6.45, 7) is 10.4. The van der Waals surface area contributed by atoms with Crippen molar-refractivity contribution in [3.63, 3.8) is 0 Å². The molecule has 0 aliphatic heterocycles. The molecule has 2 N–H and O–H groups in total. The van der Waals surface area contributed by atoms with E-state index in [1.165, 1.54) is 11.1 Å². The lowest BCUT2D eigenvalue weighted by atomic mass is 10.0. The third kappa shape index (κ3) is 4.30. The van der Waals surface area contributed by atoms with Crippen LogP contribution in [0.3, 0.4) is 0 Å². The van der Waals surface area contributed by atoms with Crippen molar-refractivity contribution >= 4 is 23.0 Å². The highest BCUT2D eigenvalue weighted by atomic mass is 32.1. The second-order valence-electron chi connectivity index (χ2n) is 4.11. The summed E-state index contributed by atoms with van der Waals surface area (Å²) in [7, 11) is 0. The lowest BCUT2D eigenvalue weighted by Gasteiger charge is -2.07. The number of thiocarbonyl (C=S) groups is 1. The normalized spacial score (nSPS) is 10.9. The van der Waals surface area contributed by atoms with Crippen LogP contribution in [0.1, 0.15) is 23.6 Å². The van der Waals surface area contributed by atoms with Crippen molar-refractivity contribution in [2.75, 3.05) is 6.54 Å². The molecule has 0 aliphatic carbocycles. The zero-order valence-corrected chi connectivity index (χ0v) is 11.9. The summed E-state index contributed by atoms with van der Waals surface area (Å²) >= 11 is 5.06. The number of rotatable bonds is 4. The van der Waals surface area contributed by atoms with Crippen LogP contribution in [0.25, 0.3) is 0 Å². The largest absolute Gasteiger partial charge is 0.358 e. The highest BCUT2D eigenvalue weighted by molar-refractivity contribution is 7.80. The minimum absolute atomic E-state index is 0.498. The van der Waals surface area contributed by atoms with Crippen molar-refractivity contribution in [3.8, 4) is 0 Å². The molecule has 0 unspecified atom stereocenters. The highest BCUT2D eigenvalue weighted by Crippen LogP contribution is 2.10. The lowest BCUT2D eigenvalue weighted by molar-refractivity contribution is 0.936. The molecule has 0 radical (unpaired) electrons. The first-order valence-electron chi connectivity index (χ1n) is 5.81. The molecule has 1 rings (SSSR count). The molecule has 0 saturated heterocycles. The first kappa shape index (κ1) is 14.4. The molecule has 0 spiro atoms. The topological polar surface area (TPSA) is 36.4 Å². The van der Waals surface area contributed by atoms with Crippen LogP contribution in [0.4, 0.5) is 0 Å². The van der Waals surface area contributed by atoms with E-state index in [0.29, 0.717) is 11.7 Å². The summed E-state index contributed by atoms with van der Waals surface area (Å²) in [5.41, 5.74) is 7.35. The van der Waals surface area contributed by atoms with Gasteiger partial charge in [0, 0.05) is 6.54 Å². The maximum atomic E-state index is 5.06. The zero-order valence-electron chi connectivity index (χ0n) is 11.1. The van der Waals surface area contributed by atoms with Crippen LogP contribution in [0.5, 0.6) is 0 Å². The Morgan fingerprint density at radius 1 is 1.39 bits per heavy atom. The van der Waals surface area contributed by atoms with Gasteiger partial charge in [0.1, 0.15) is 0 Å². The van der Waals surface area contributed by atoms with E-state index in [9.17, 15) is 0 Å². The molecule has 1 aromatic rings. The van der Waals surface area contributed by atoms with Gasteiger partial charge in [0.05, 0.1) is 5.71 Å². The molecule has 0 saturated carbocycles. The second kappa shape index (κ2) is 6.91. The van der Waals surface area contributed by atoms with Crippen LogP contribution >= 0.6 is 12.2 Å². The second-order valence-corrected chi connectivity index (χ2v) is 4.52. The van der Waals surface area contributed by atoms with Gasteiger partial charge in [-0.25, -0.2) is 0 Å². The van der Waals surface area contributed by atoms with Crippen LogP contribution in [0, 0.1) is 13.8 Å². The number of hydrazone groups is 1. The first-order chi connectivity index (χ1) is 8.54.